The molecule has 5 N–H and O–H groups in total. The molecule has 0 aromatic carbocycles. The summed E-state index contributed by atoms with van der Waals surface area (Å²) in [6, 6.07) is 5.08. The minimum atomic E-state index is -1.64. The number of hydrogen-bond donors (Lipinski definition) is 4. The van der Waals surface area contributed by atoms with Crippen LogP contribution in [0.4, 0.5) is 14.9 Å². The van der Waals surface area contributed by atoms with Gasteiger partial charge in [0.1, 0.15) is 6.17 Å². The smallest absolute Gasteiger partial charge is 0.391 e. The average molecular weight is 458 g/mol. The molecule has 11 heteroatoms. The number of nitrogens with zero attached hydrogens (tertiary/aromatic N) is 3. The summed E-state index contributed by atoms with van der Waals surface area (Å²) in [5.74, 6) is -0.472. The van der Waals surface area contributed by atoms with Crippen molar-refractivity contribution in [1.82, 2.24) is 19.9 Å². The van der Waals surface area contributed by atoms with Gasteiger partial charge in [0, 0.05) is 30.1 Å². The number of rotatable bonds is 8. The van der Waals surface area contributed by atoms with Crippen LogP contribution in [-0.2, 0) is 0 Å². The predicted molar refractivity (Wildman–Crippen MR) is 121 cm³/mol. The zero-order valence-electron chi connectivity index (χ0n) is 18.8. The first-order chi connectivity index (χ1) is 15.5. The summed E-state index contributed by atoms with van der Waals surface area (Å²) in [4.78, 5) is 27.8. The molecule has 0 fully saturated rings. The lowest BCUT2D eigenvalue weighted by molar-refractivity contribution is -0.00177. The number of primary amides is 1. The maximum atomic E-state index is 14.1. The molecule has 2 amide bonds. The number of nitrogens with one attached hydrogen (secondary N) is 2. The molecule has 0 saturated carbocycles. The maximum absolute atomic E-state index is 14.1. The van der Waals surface area contributed by atoms with E-state index in [0.717, 1.165) is 5.56 Å². The van der Waals surface area contributed by atoms with Crippen LogP contribution < -0.4 is 21.1 Å². The molecule has 3 aromatic rings. The molecule has 0 saturated heterocycles. The quantitative estimate of drug-likeness (QED) is 0.406. The molecule has 0 aliphatic carbocycles. The Morgan fingerprint density at radius 3 is 2.67 bits per heavy atom. The zero-order valence-corrected chi connectivity index (χ0v) is 18.8. The molecular weight excluding hydrogens is 431 g/mol. The molecule has 1 atom stereocenters. The van der Waals surface area contributed by atoms with Crippen LogP contribution in [0.2, 0.25) is 0 Å². The Bertz CT molecular complexity index is 1170. The summed E-state index contributed by atoms with van der Waals surface area (Å²) in [6.45, 7) is 6.17. The van der Waals surface area contributed by atoms with Gasteiger partial charge in [-0.2, -0.15) is 5.10 Å². The number of carbonyl (C=O) groups is 2. The molecule has 0 aliphatic heterocycles. The number of ether oxygens (including phenoxy) is 1. The van der Waals surface area contributed by atoms with E-state index in [4.69, 9.17) is 10.5 Å². The summed E-state index contributed by atoms with van der Waals surface area (Å²) in [5.41, 5.74) is 6.26. The molecule has 3 heterocycles. The van der Waals surface area contributed by atoms with Crippen LogP contribution in [0.1, 0.15) is 38.1 Å². The number of hydrogen-bond acceptors (Lipinski definition) is 7. The first-order valence-corrected chi connectivity index (χ1v) is 10.3. The van der Waals surface area contributed by atoms with Gasteiger partial charge in [0.2, 0.25) is 5.88 Å². The van der Waals surface area contributed by atoms with Crippen LogP contribution in [0.15, 0.2) is 36.8 Å². The van der Waals surface area contributed by atoms with Gasteiger partial charge in [-0.05, 0) is 45.4 Å². The van der Waals surface area contributed by atoms with Gasteiger partial charge in [0.05, 0.1) is 35.1 Å². The lowest BCUT2D eigenvalue weighted by Crippen LogP contribution is -2.42. The maximum Gasteiger partial charge on any atom is 0.411 e. The second-order valence-corrected chi connectivity index (χ2v) is 8.43. The molecule has 3 rings (SSSR count). The number of carbonyl (C=O) groups excluding carboxylic acids is 2. The van der Waals surface area contributed by atoms with E-state index in [-0.39, 0.29) is 24.0 Å². The van der Waals surface area contributed by atoms with E-state index in [9.17, 15) is 19.1 Å². The van der Waals surface area contributed by atoms with Crippen LogP contribution in [-0.4, -0.2) is 56.1 Å². The Morgan fingerprint density at radius 2 is 2.03 bits per heavy atom. The van der Waals surface area contributed by atoms with Gasteiger partial charge in [-0.1, -0.05) is 0 Å². The molecule has 0 spiro atoms. The number of anilines is 1. The van der Waals surface area contributed by atoms with E-state index < -0.39 is 23.8 Å². The highest BCUT2D eigenvalue weighted by atomic mass is 19.1. The minimum absolute atomic E-state index is 0.0112. The van der Waals surface area contributed by atoms with Crippen molar-refractivity contribution in [2.75, 3.05) is 11.9 Å². The summed E-state index contributed by atoms with van der Waals surface area (Å²) in [7, 11) is 0. The van der Waals surface area contributed by atoms with Gasteiger partial charge < -0.3 is 26.2 Å². The number of pyridine rings is 1. The largest absolute Gasteiger partial charge is 0.411 e. The second kappa shape index (κ2) is 9.41. The Labute approximate surface area is 189 Å². The summed E-state index contributed by atoms with van der Waals surface area (Å²) < 4.78 is 20.5. The number of aliphatic hydroxyl groups is 1. The molecular formula is C22H27FN6O4. The van der Waals surface area contributed by atoms with Gasteiger partial charge in [0.25, 0.3) is 5.91 Å². The van der Waals surface area contributed by atoms with Crippen LogP contribution in [0.25, 0.3) is 16.6 Å². The third kappa shape index (κ3) is 5.75. The molecule has 0 aliphatic rings. The lowest BCUT2D eigenvalue weighted by Gasteiger charge is -2.23. The molecule has 0 unspecified atom stereocenters. The van der Waals surface area contributed by atoms with Crippen molar-refractivity contribution < 1.29 is 23.8 Å². The lowest BCUT2D eigenvalue weighted by atomic mass is 10.0. The fraction of sp³-hybridized carbons (Fsp3) is 0.364. The topological polar surface area (TPSA) is 144 Å². The third-order valence-corrected chi connectivity index (χ3v) is 4.80. The molecule has 0 bridgehead atoms. The van der Waals surface area contributed by atoms with Gasteiger partial charge in [-0.15, -0.1) is 0 Å². The van der Waals surface area contributed by atoms with Gasteiger partial charge in [-0.3, -0.25) is 4.79 Å². The number of aromatic nitrogens is 3. The van der Waals surface area contributed by atoms with Gasteiger partial charge in [0.15, 0.2) is 0 Å². The van der Waals surface area contributed by atoms with Crippen LogP contribution >= 0.6 is 0 Å². The fourth-order valence-electron chi connectivity index (χ4n) is 3.10. The van der Waals surface area contributed by atoms with Gasteiger partial charge in [-0.25, -0.2) is 18.7 Å². The number of halogens is 1. The number of alkyl halides is 1. The average Bonchev–Trinajstić information content (AvgIpc) is 3.15. The van der Waals surface area contributed by atoms with E-state index in [1.807, 2.05) is 19.9 Å². The summed E-state index contributed by atoms with van der Waals surface area (Å²) in [6.07, 6.45) is 2.01. The standard InChI is InChI=1S/C22H27FN6O4/c1-12(2)28-19-15(20(30)26-10-17(23)22(3,4)32)9-27-29-11-14(7-16(19)29)13-5-6-25-18(8-13)33-21(24)31/h5-9,11-12,17,28,32H,10H2,1-4H3,(H2,24,31)(H,26,30)/t17-/m1/s1. The highest BCUT2D eigenvalue weighted by Gasteiger charge is 2.27. The van der Waals surface area contributed by atoms with Crippen molar-refractivity contribution in [2.24, 2.45) is 5.73 Å². The number of fused-ring (bicyclic) bond motifs is 1. The minimum Gasteiger partial charge on any atom is -0.391 e. The number of nitrogens with two attached hydrogens (primary N) is 1. The van der Waals surface area contributed by atoms with Crippen molar-refractivity contribution in [3.05, 3.63) is 42.4 Å². The predicted octanol–water partition coefficient (Wildman–Crippen LogP) is 2.51. The van der Waals surface area contributed by atoms with Crippen molar-refractivity contribution >= 4 is 23.2 Å². The van der Waals surface area contributed by atoms with E-state index >= 15 is 0 Å². The monoisotopic (exact) mass is 458 g/mol. The van der Waals surface area contributed by atoms with E-state index in [1.165, 1.54) is 26.2 Å². The highest BCUT2D eigenvalue weighted by Crippen LogP contribution is 2.30. The Balaban J connectivity index is 1.98. The molecule has 176 valence electrons. The molecule has 10 nitrogen and oxygen atoms in total. The fourth-order valence-corrected chi connectivity index (χ4v) is 3.10. The van der Waals surface area contributed by atoms with Crippen molar-refractivity contribution in [2.45, 2.75) is 45.5 Å². The molecule has 33 heavy (non-hydrogen) atoms. The van der Waals surface area contributed by atoms with E-state index in [2.05, 4.69) is 20.7 Å². The first-order valence-electron chi connectivity index (χ1n) is 10.3. The van der Waals surface area contributed by atoms with Crippen LogP contribution in [0, 0.1) is 0 Å². The van der Waals surface area contributed by atoms with Crippen LogP contribution in [0.3, 0.4) is 0 Å². The van der Waals surface area contributed by atoms with Gasteiger partial charge >= 0.3 is 6.09 Å². The highest BCUT2D eigenvalue weighted by molar-refractivity contribution is 6.03. The van der Waals surface area contributed by atoms with E-state index in [0.29, 0.717) is 16.8 Å². The molecule has 3 aromatic heterocycles. The second-order valence-electron chi connectivity index (χ2n) is 8.43. The Hall–Kier alpha value is -3.73. The number of amides is 2. The third-order valence-electron chi connectivity index (χ3n) is 4.80. The normalized spacial score (nSPS) is 12.6. The first kappa shape index (κ1) is 23.9. The summed E-state index contributed by atoms with van der Waals surface area (Å²) in [5, 5.41) is 19.9. The summed E-state index contributed by atoms with van der Waals surface area (Å²) >= 11 is 0. The SMILES string of the molecule is CC(C)Nc1c(C(=O)NC[C@@H](F)C(C)(C)O)cnn2cc(-c3ccnc(OC(N)=O)c3)cc12. The van der Waals surface area contributed by atoms with Crippen LogP contribution in [0.5, 0.6) is 5.88 Å². The Kier molecular flexibility index (Phi) is 6.82. The zero-order chi connectivity index (χ0) is 24.3. The molecule has 0 radical (unpaired) electrons. The van der Waals surface area contributed by atoms with Crippen molar-refractivity contribution in [3.63, 3.8) is 0 Å². The Morgan fingerprint density at radius 1 is 1.30 bits per heavy atom. The van der Waals surface area contributed by atoms with E-state index in [1.54, 1.807) is 22.8 Å². The van der Waals surface area contributed by atoms with Crippen molar-refractivity contribution in [1.29, 1.82) is 0 Å². The van der Waals surface area contributed by atoms with Crippen molar-refractivity contribution in [3.8, 4) is 17.0 Å².